The van der Waals surface area contributed by atoms with Crippen molar-refractivity contribution in [1.29, 1.82) is 0 Å². The summed E-state index contributed by atoms with van der Waals surface area (Å²) in [4.78, 5) is 24.5. The second-order valence-electron chi connectivity index (χ2n) is 11.0. The predicted molar refractivity (Wildman–Crippen MR) is 146 cm³/mol. The number of carbonyl (C=O) groups excluding carboxylic acids is 1. The summed E-state index contributed by atoms with van der Waals surface area (Å²) in [5.74, 6) is 1.15. The van der Waals surface area contributed by atoms with Crippen LogP contribution in [0.2, 0.25) is 0 Å². The Hall–Kier alpha value is -3.28. The highest BCUT2D eigenvalue weighted by Gasteiger charge is 2.41. The van der Waals surface area contributed by atoms with Gasteiger partial charge in [0.15, 0.2) is 17.3 Å². The maximum Gasteiger partial charge on any atom is 0.319 e. The topological polar surface area (TPSA) is 116 Å². The van der Waals surface area contributed by atoms with Crippen LogP contribution in [-0.2, 0) is 14.2 Å². The molecular formula is C28H35N7O4. The number of anilines is 2. The van der Waals surface area contributed by atoms with Crippen LogP contribution in [0.5, 0.6) is 0 Å². The Balaban J connectivity index is 1.23. The number of amides is 2. The molecule has 3 saturated heterocycles. The molecular weight excluding hydrogens is 498 g/mol. The zero-order valence-corrected chi connectivity index (χ0v) is 22.3. The number of nitrogens with one attached hydrogen (secondary N) is 2. The SMILES string of the molecule is CCNC(=O)Nc1ccc(-c2nc(N3CC4CCC(C3)O4)c3cnn(C4CCC5(CC4)OCCO5)c3n2)cc1. The molecule has 39 heavy (non-hydrogen) atoms. The van der Waals surface area contributed by atoms with E-state index in [0.717, 1.165) is 74.0 Å². The fraction of sp³-hybridized carbons (Fsp3) is 0.571. The summed E-state index contributed by atoms with van der Waals surface area (Å²) in [5, 5.41) is 11.4. The van der Waals surface area contributed by atoms with E-state index >= 15 is 0 Å². The third-order valence-electron chi connectivity index (χ3n) is 8.39. The minimum absolute atomic E-state index is 0.223. The summed E-state index contributed by atoms with van der Waals surface area (Å²) in [6.07, 6.45) is 8.16. The molecule has 3 aliphatic heterocycles. The van der Waals surface area contributed by atoms with Crippen LogP contribution in [0.25, 0.3) is 22.4 Å². The Morgan fingerprint density at radius 2 is 1.74 bits per heavy atom. The molecule has 5 heterocycles. The third kappa shape index (κ3) is 4.72. The van der Waals surface area contributed by atoms with E-state index in [1.54, 1.807) is 0 Å². The van der Waals surface area contributed by atoms with Crippen molar-refractivity contribution < 1.29 is 19.0 Å². The van der Waals surface area contributed by atoms with E-state index in [2.05, 4.69) is 20.2 Å². The number of rotatable bonds is 5. The van der Waals surface area contributed by atoms with Gasteiger partial charge in [0, 0.05) is 43.7 Å². The molecule has 1 spiro atoms. The molecule has 7 rings (SSSR count). The molecule has 3 aromatic rings. The fourth-order valence-corrected chi connectivity index (χ4v) is 6.45. The van der Waals surface area contributed by atoms with Crippen LogP contribution in [0.1, 0.15) is 51.5 Å². The molecule has 1 saturated carbocycles. The van der Waals surface area contributed by atoms with Crippen molar-refractivity contribution >= 4 is 28.6 Å². The van der Waals surface area contributed by atoms with Gasteiger partial charge in [0.1, 0.15) is 5.82 Å². The van der Waals surface area contributed by atoms with Gasteiger partial charge in [-0.2, -0.15) is 5.10 Å². The Bertz CT molecular complexity index is 1330. The lowest BCUT2D eigenvalue weighted by molar-refractivity contribution is -0.181. The molecule has 2 atom stereocenters. The van der Waals surface area contributed by atoms with Crippen molar-refractivity contribution in [2.45, 2.75) is 69.5 Å². The van der Waals surface area contributed by atoms with Crippen LogP contribution in [0.15, 0.2) is 30.5 Å². The van der Waals surface area contributed by atoms with Crippen LogP contribution in [0, 0.1) is 0 Å². The van der Waals surface area contributed by atoms with Crippen LogP contribution in [-0.4, -0.2) is 76.6 Å². The number of ether oxygens (including phenoxy) is 3. The number of benzene rings is 1. The molecule has 1 aromatic carbocycles. The summed E-state index contributed by atoms with van der Waals surface area (Å²) in [6, 6.07) is 7.67. The summed E-state index contributed by atoms with van der Waals surface area (Å²) in [6.45, 7) is 5.45. The Kier molecular flexibility index (Phi) is 6.37. The first-order valence-corrected chi connectivity index (χ1v) is 14.2. The van der Waals surface area contributed by atoms with Gasteiger partial charge < -0.3 is 29.7 Å². The first kappa shape index (κ1) is 24.7. The number of urea groups is 1. The van der Waals surface area contributed by atoms with Gasteiger partial charge in [-0.25, -0.2) is 19.4 Å². The van der Waals surface area contributed by atoms with E-state index in [1.165, 1.54) is 0 Å². The van der Waals surface area contributed by atoms with Crippen molar-refractivity contribution in [3.8, 4) is 11.4 Å². The zero-order valence-electron chi connectivity index (χ0n) is 22.3. The summed E-state index contributed by atoms with van der Waals surface area (Å²) >= 11 is 0. The summed E-state index contributed by atoms with van der Waals surface area (Å²) < 4.78 is 20.1. The predicted octanol–water partition coefficient (Wildman–Crippen LogP) is 3.86. The molecule has 2 bridgehead atoms. The van der Waals surface area contributed by atoms with Crippen molar-refractivity contribution in [1.82, 2.24) is 25.1 Å². The Morgan fingerprint density at radius 1 is 1.03 bits per heavy atom. The molecule has 2 aromatic heterocycles. The maximum absolute atomic E-state index is 11.9. The number of hydrogen-bond acceptors (Lipinski definition) is 8. The van der Waals surface area contributed by atoms with Crippen molar-refractivity contribution in [2.24, 2.45) is 0 Å². The van der Waals surface area contributed by atoms with Crippen LogP contribution in [0.3, 0.4) is 0 Å². The van der Waals surface area contributed by atoms with E-state index in [0.29, 0.717) is 31.3 Å². The van der Waals surface area contributed by atoms with Crippen LogP contribution >= 0.6 is 0 Å². The largest absolute Gasteiger partial charge is 0.371 e. The van der Waals surface area contributed by atoms with E-state index in [-0.39, 0.29) is 24.3 Å². The highest BCUT2D eigenvalue weighted by molar-refractivity contribution is 5.90. The van der Waals surface area contributed by atoms with Gasteiger partial charge in [-0.05, 0) is 56.9 Å². The van der Waals surface area contributed by atoms with Crippen molar-refractivity contribution in [3.05, 3.63) is 30.5 Å². The van der Waals surface area contributed by atoms with E-state index in [9.17, 15) is 4.79 Å². The summed E-state index contributed by atoms with van der Waals surface area (Å²) in [7, 11) is 0. The van der Waals surface area contributed by atoms with Gasteiger partial charge in [-0.3, -0.25) is 0 Å². The van der Waals surface area contributed by atoms with Gasteiger partial charge in [0.25, 0.3) is 0 Å². The van der Waals surface area contributed by atoms with Gasteiger partial charge in [-0.1, -0.05) is 0 Å². The van der Waals surface area contributed by atoms with Gasteiger partial charge in [0.2, 0.25) is 0 Å². The van der Waals surface area contributed by atoms with Gasteiger partial charge in [-0.15, -0.1) is 0 Å². The second kappa shape index (κ2) is 10.0. The number of nitrogens with zero attached hydrogens (tertiary/aromatic N) is 5. The first-order valence-electron chi connectivity index (χ1n) is 14.2. The highest BCUT2D eigenvalue weighted by atomic mass is 16.7. The minimum Gasteiger partial charge on any atom is -0.371 e. The summed E-state index contributed by atoms with van der Waals surface area (Å²) in [5.41, 5.74) is 2.46. The molecule has 2 N–H and O–H groups in total. The molecule has 2 amide bonds. The fourth-order valence-electron chi connectivity index (χ4n) is 6.45. The number of hydrogen-bond donors (Lipinski definition) is 2. The molecule has 11 heteroatoms. The first-order chi connectivity index (χ1) is 19.1. The highest BCUT2D eigenvalue weighted by Crippen LogP contribution is 2.42. The average Bonchev–Trinajstić information content (AvgIpc) is 3.68. The van der Waals surface area contributed by atoms with Crippen molar-refractivity contribution in [2.75, 3.05) is 43.1 Å². The number of fused-ring (bicyclic) bond motifs is 3. The van der Waals surface area contributed by atoms with Crippen LogP contribution < -0.4 is 15.5 Å². The Morgan fingerprint density at radius 3 is 2.44 bits per heavy atom. The van der Waals surface area contributed by atoms with E-state index in [4.69, 9.17) is 29.3 Å². The molecule has 2 unspecified atom stereocenters. The molecule has 4 aliphatic rings. The molecule has 4 fully saturated rings. The number of carbonyl (C=O) groups is 1. The minimum atomic E-state index is -0.415. The Labute approximate surface area is 227 Å². The van der Waals surface area contributed by atoms with E-state index in [1.807, 2.05) is 37.4 Å². The monoisotopic (exact) mass is 533 g/mol. The quantitative estimate of drug-likeness (QED) is 0.508. The van der Waals surface area contributed by atoms with Crippen molar-refractivity contribution in [3.63, 3.8) is 0 Å². The molecule has 0 radical (unpaired) electrons. The van der Waals surface area contributed by atoms with Gasteiger partial charge >= 0.3 is 6.03 Å². The molecule has 206 valence electrons. The normalized spacial score (nSPS) is 24.5. The number of aromatic nitrogens is 4. The average molecular weight is 534 g/mol. The lowest BCUT2D eigenvalue weighted by Crippen LogP contribution is -2.43. The smallest absolute Gasteiger partial charge is 0.319 e. The zero-order chi connectivity index (χ0) is 26.4. The van der Waals surface area contributed by atoms with E-state index < -0.39 is 5.79 Å². The second-order valence-corrected chi connectivity index (χ2v) is 11.0. The number of morpholine rings is 1. The standard InChI is InChI=1S/C28H35N7O4/c1-2-29-27(36)31-19-5-3-18(4-6-19)24-32-25(34-16-21-7-8-22(17-34)39-21)23-15-30-35(26(23)33-24)20-9-11-28(12-10-20)37-13-14-38-28/h3-6,15,20-22H,2,7-14,16-17H2,1H3,(H2,29,31,36). The maximum atomic E-state index is 11.9. The third-order valence-corrected chi connectivity index (χ3v) is 8.39. The van der Waals surface area contributed by atoms with Crippen LogP contribution in [0.4, 0.5) is 16.3 Å². The van der Waals surface area contributed by atoms with Gasteiger partial charge in [0.05, 0.1) is 43.0 Å². The molecule has 1 aliphatic carbocycles. The lowest BCUT2D eigenvalue weighted by atomic mass is 9.90. The lowest BCUT2D eigenvalue weighted by Gasteiger charge is -2.35. The molecule has 11 nitrogen and oxygen atoms in total.